The predicted octanol–water partition coefficient (Wildman–Crippen LogP) is 2.02. The van der Waals surface area contributed by atoms with Crippen LogP contribution in [-0.4, -0.2) is 35.5 Å². The van der Waals surface area contributed by atoms with Gasteiger partial charge >= 0.3 is 5.97 Å². The van der Waals surface area contributed by atoms with E-state index in [-0.39, 0.29) is 5.96 Å². The standard InChI is InChI=1S/C12H25N3O2/c1-15(12(13)14)10-8-6-4-2-3-5-7-9-11(16)17/h2-10H2,1H3,(H3,13,14)(H,16,17). The minimum Gasteiger partial charge on any atom is -0.481 e. The summed E-state index contributed by atoms with van der Waals surface area (Å²) in [6, 6.07) is 0. The molecule has 100 valence electrons. The van der Waals surface area contributed by atoms with Crippen LogP contribution in [0.1, 0.15) is 51.4 Å². The van der Waals surface area contributed by atoms with Gasteiger partial charge in [0.25, 0.3) is 0 Å². The first-order valence-electron chi connectivity index (χ1n) is 6.31. The largest absolute Gasteiger partial charge is 0.481 e. The Balaban J connectivity index is 3.14. The highest BCUT2D eigenvalue weighted by Crippen LogP contribution is 2.08. The number of hydrogen-bond donors (Lipinski definition) is 3. The highest BCUT2D eigenvalue weighted by atomic mass is 16.4. The molecule has 0 saturated carbocycles. The molecule has 0 unspecified atom stereocenters. The second-order valence-electron chi connectivity index (χ2n) is 4.43. The average molecular weight is 243 g/mol. The van der Waals surface area contributed by atoms with Crippen molar-refractivity contribution in [2.24, 2.45) is 5.73 Å². The lowest BCUT2D eigenvalue weighted by atomic mass is 10.1. The fourth-order valence-corrected chi connectivity index (χ4v) is 1.63. The number of unbranched alkanes of at least 4 members (excludes halogenated alkanes) is 6. The number of carbonyl (C=O) groups is 1. The molecule has 17 heavy (non-hydrogen) atoms. The molecule has 0 aliphatic carbocycles. The van der Waals surface area contributed by atoms with Crippen molar-refractivity contribution in [3.63, 3.8) is 0 Å². The van der Waals surface area contributed by atoms with Crippen LogP contribution in [-0.2, 0) is 4.79 Å². The molecule has 0 spiro atoms. The Labute approximate surface area is 103 Å². The van der Waals surface area contributed by atoms with Gasteiger partial charge in [0.1, 0.15) is 0 Å². The molecular formula is C12H25N3O2. The quantitative estimate of drug-likeness (QED) is 0.311. The third kappa shape index (κ3) is 11.0. The van der Waals surface area contributed by atoms with E-state index in [1.807, 2.05) is 7.05 Å². The maximum atomic E-state index is 10.3. The summed E-state index contributed by atoms with van der Waals surface area (Å²) in [5.41, 5.74) is 5.32. The minimum absolute atomic E-state index is 0.124. The summed E-state index contributed by atoms with van der Waals surface area (Å²) in [7, 11) is 1.83. The zero-order chi connectivity index (χ0) is 13.1. The minimum atomic E-state index is -0.697. The van der Waals surface area contributed by atoms with Gasteiger partial charge < -0.3 is 15.7 Å². The molecule has 4 N–H and O–H groups in total. The Kier molecular flexibility index (Phi) is 9.19. The predicted molar refractivity (Wildman–Crippen MR) is 69.1 cm³/mol. The molecule has 0 heterocycles. The van der Waals surface area contributed by atoms with Crippen molar-refractivity contribution in [1.29, 1.82) is 5.41 Å². The topological polar surface area (TPSA) is 90.4 Å². The highest BCUT2D eigenvalue weighted by molar-refractivity contribution is 5.74. The molecule has 0 aliphatic heterocycles. The summed E-state index contributed by atoms with van der Waals surface area (Å²) in [6.45, 7) is 0.842. The van der Waals surface area contributed by atoms with Crippen LogP contribution in [0, 0.1) is 5.41 Å². The van der Waals surface area contributed by atoms with Crippen LogP contribution in [0.2, 0.25) is 0 Å². The molecule has 0 aromatic carbocycles. The van der Waals surface area contributed by atoms with Gasteiger partial charge in [-0.25, -0.2) is 0 Å². The first kappa shape index (κ1) is 15.7. The molecule has 0 radical (unpaired) electrons. The summed E-state index contributed by atoms with van der Waals surface area (Å²) >= 11 is 0. The Hall–Kier alpha value is -1.26. The van der Waals surface area contributed by atoms with Crippen LogP contribution < -0.4 is 5.73 Å². The second kappa shape index (κ2) is 9.93. The highest BCUT2D eigenvalue weighted by Gasteiger charge is 1.99. The fraction of sp³-hybridized carbons (Fsp3) is 0.833. The number of nitrogens with one attached hydrogen (secondary N) is 1. The Morgan fingerprint density at radius 2 is 1.59 bits per heavy atom. The van der Waals surface area contributed by atoms with Crippen molar-refractivity contribution in [3.8, 4) is 0 Å². The van der Waals surface area contributed by atoms with Crippen LogP contribution >= 0.6 is 0 Å². The number of carboxylic acid groups (broad SMARTS) is 1. The number of aliphatic carboxylic acids is 1. The first-order chi connectivity index (χ1) is 8.04. The third-order valence-electron chi connectivity index (χ3n) is 2.80. The summed E-state index contributed by atoms with van der Waals surface area (Å²) in [5, 5.41) is 15.6. The van der Waals surface area contributed by atoms with Crippen molar-refractivity contribution >= 4 is 11.9 Å². The van der Waals surface area contributed by atoms with Crippen LogP contribution in [0.25, 0.3) is 0 Å². The molecule has 0 amide bonds. The lowest BCUT2D eigenvalue weighted by Gasteiger charge is -2.15. The molecule has 0 bridgehead atoms. The second-order valence-corrected chi connectivity index (χ2v) is 4.43. The summed E-state index contributed by atoms with van der Waals surface area (Å²) < 4.78 is 0. The monoisotopic (exact) mass is 243 g/mol. The SMILES string of the molecule is CN(CCCCCCCCCC(=O)O)C(=N)N. The number of hydrogen-bond acceptors (Lipinski definition) is 2. The van der Waals surface area contributed by atoms with Crippen molar-refractivity contribution in [2.45, 2.75) is 51.4 Å². The molecule has 0 aromatic rings. The summed E-state index contributed by atoms with van der Waals surface area (Å²) in [4.78, 5) is 12.0. The van der Waals surface area contributed by atoms with E-state index in [2.05, 4.69) is 0 Å². The van der Waals surface area contributed by atoms with Gasteiger partial charge in [0.05, 0.1) is 0 Å². The van der Waals surface area contributed by atoms with E-state index in [9.17, 15) is 4.79 Å². The van der Waals surface area contributed by atoms with Gasteiger partial charge in [0.2, 0.25) is 0 Å². The van der Waals surface area contributed by atoms with E-state index in [1.165, 1.54) is 12.8 Å². The maximum absolute atomic E-state index is 10.3. The van der Waals surface area contributed by atoms with Gasteiger partial charge in [-0.1, -0.05) is 32.1 Å². The molecule has 0 rings (SSSR count). The first-order valence-corrected chi connectivity index (χ1v) is 6.31. The fourth-order valence-electron chi connectivity index (χ4n) is 1.63. The summed E-state index contributed by atoms with van der Waals surface area (Å²) in [6.07, 6.45) is 7.78. The molecule has 5 heteroatoms. The number of carboxylic acids is 1. The van der Waals surface area contributed by atoms with E-state index >= 15 is 0 Å². The van der Waals surface area contributed by atoms with Crippen LogP contribution in [0.5, 0.6) is 0 Å². The lowest BCUT2D eigenvalue weighted by molar-refractivity contribution is -0.137. The van der Waals surface area contributed by atoms with Crippen molar-refractivity contribution in [2.75, 3.05) is 13.6 Å². The van der Waals surface area contributed by atoms with Crippen molar-refractivity contribution in [3.05, 3.63) is 0 Å². The van der Waals surface area contributed by atoms with Gasteiger partial charge in [0.15, 0.2) is 5.96 Å². The van der Waals surface area contributed by atoms with Crippen molar-refractivity contribution < 1.29 is 9.90 Å². The van der Waals surface area contributed by atoms with Crippen LogP contribution in [0.15, 0.2) is 0 Å². The molecule has 0 fully saturated rings. The zero-order valence-corrected chi connectivity index (χ0v) is 10.7. The third-order valence-corrected chi connectivity index (χ3v) is 2.80. The van der Waals surface area contributed by atoms with E-state index in [4.69, 9.17) is 16.2 Å². The van der Waals surface area contributed by atoms with Crippen LogP contribution in [0.3, 0.4) is 0 Å². The molecule has 0 atom stereocenters. The maximum Gasteiger partial charge on any atom is 0.303 e. The normalized spacial score (nSPS) is 10.2. The number of nitrogens with two attached hydrogens (primary N) is 1. The summed E-state index contributed by atoms with van der Waals surface area (Å²) in [5.74, 6) is -0.573. The van der Waals surface area contributed by atoms with Gasteiger partial charge in [-0.05, 0) is 12.8 Å². The molecular weight excluding hydrogens is 218 g/mol. The molecule has 0 aliphatic rings. The number of guanidine groups is 1. The van der Waals surface area contributed by atoms with Crippen molar-refractivity contribution in [1.82, 2.24) is 4.90 Å². The number of nitrogens with zero attached hydrogens (tertiary/aromatic N) is 1. The number of rotatable bonds is 10. The van der Waals surface area contributed by atoms with Gasteiger partial charge in [0, 0.05) is 20.0 Å². The lowest BCUT2D eigenvalue weighted by Crippen LogP contribution is -2.33. The van der Waals surface area contributed by atoms with E-state index in [0.29, 0.717) is 6.42 Å². The Morgan fingerprint density at radius 1 is 1.12 bits per heavy atom. The molecule has 5 nitrogen and oxygen atoms in total. The van der Waals surface area contributed by atoms with Gasteiger partial charge in [-0.15, -0.1) is 0 Å². The smallest absolute Gasteiger partial charge is 0.303 e. The molecule has 0 saturated heterocycles. The zero-order valence-electron chi connectivity index (χ0n) is 10.7. The average Bonchev–Trinajstić information content (AvgIpc) is 2.25. The van der Waals surface area contributed by atoms with Gasteiger partial charge in [-0.2, -0.15) is 0 Å². The van der Waals surface area contributed by atoms with Gasteiger partial charge in [-0.3, -0.25) is 10.2 Å². The van der Waals surface area contributed by atoms with E-state index < -0.39 is 5.97 Å². The van der Waals surface area contributed by atoms with E-state index in [1.54, 1.807) is 4.90 Å². The molecule has 0 aromatic heterocycles. The Morgan fingerprint density at radius 3 is 2.06 bits per heavy atom. The Bertz CT molecular complexity index is 232. The van der Waals surface area contributed by atoms with Crippen LogP contribution in [0.4, 0.5) is 0 Å². The van der Waals surface area contributed by atoms with E-state index in [0.717, 1.165) is 38.6 Å².